The molecule has 0 aliphatic rings. The number of esters is 1. The van der Waals surface area contributed by atoms with Crippen LogP contribution in [0, 0.1) is 10.1 Å². The van der Waals surface area contributed by atoms with Gasteiger partial charge in [0.05, 0.1) is 11.0 Å². The SMILES string of the molecule is CC(C)OC(=O)[C@@H](Cc1cccc([N+](=O)[O-])c1)NC(=O)OC(C)(C)C. The molecule has 0 unspecified atom stereocenters. The van der Waals surface area contributed by atoms with Crippen molar-refractivity contribution in [3.63, 3.8) is 0 Å². The molecule has 1 amide bonds. The third kappa shape index (κ3) is 7.65. The Hall–Kier alpha value is -2.64. The highest BCUT2D eigenvalue weighted by Crippen LogP contribution is 2.15. The van der Waals surface area contributed by atoms with Crippen LogP contribution in [0.2, 0.25) is 0 Å². The Balaban J connectivity index is 2.94. The molecule has 1 atom stereocenters. The number of ether oxygens (including phenoxy) is 2. The quantitative estimate of drug-likeness (QED) is 0.479. The first-order chi connectivity index (χ1) is 11.5. The summed E-state index contributed by atoms with van der Waals surface area (Å²) in [5, 5.41) is 13.3. The van der Waals surface area contributed by atoms with Gasteiger partial charge in [-0.3, -0.25) is 10.1 Å². The zero-order valence-electron chi connectivity index (χ0n) is 15.1. The van der Waals surface area contributed by atoms with E-state index in [9.17, 15) is 19.7 Å². The van der Waals surface area contributed by atoms with Crippen LogP contribution >= 0.6 is 0 Å². The van der Waals surface area contributed by atoms with Gasteiger partial charge < -0.3 is 14.8 Å². The van der Waals surface area contributed by atoms with Crippen molar-refractivity contribution >= 4 is 17.7 Å². The first-order valence-corrected chi connectivity index (χ1v) is 7.91. The van der Waals surface area contributed by atoms with Crippen LogP contribution in [0.3, 0.4) is 0 Å². The van der Waals surface area contributed by atoms with Gasteiger partial charge in [-0.25, -0.2) is 9.59 Å². The second-order valence-corrected chi connectivity index (χ2v) is 6.82. The highest BCUT2D eigenvalue weighted by atomic mass is 16.6. The van der Waals surface area contributed by atoms with Crippen LogP contribution < -0.4 is 5.32 Å². The molecule has 1 N–H and O–H groups in total. The van der Waals surface area contributed by atoms with Crippen molar-refractivity contribution in [2.24, 2.45) is 0 Å². The van der Waals surface area contributed by atoms with Crippen LogP contribution in [0.5, 0.6) is 0 Å². The van der Waals surface area contributed by atoms with Crippen LogP contribution in [0.4, 0.5) is 10.5 Å². The van der Waals surface area contributed by atoms with E-state index in [1.54, 1.807) is 40.7 Å². The summed E-state index contributed by atoms with van der Waals surface area (Å²) < 4.78 is 10.3. The van der Waals surface area contributed by atoms with Gasteiger partial charge in [0.2, 0.25) is 0 Å². The fourth-order valence-corrected chi connectivity index (χ4v) is 1.99. The van der Waals surface area contributed by atoms with Crippen molar-refractivity contribution in [1.29, 1.82) is 0 Å². The van der Waals surface area contributed by atoms with Crippen molar-refractivity contribution < 1.29 is 24.0 Å². The van der Waals surface area contributed by atoms with Crippen LogP contribution in [-0.2, 0) is 20.7 Å². The van der Waals surface area contributed by atoms with Gasteiger partial charge in [-0.15, -0.1) is 0 Å². The Labute approximate surface area is 146 Å². The molecule has 0 heterocycles. The maximum absolute atomic E-state index is 12.3. The number of nitrogens with zero attached hydrogens (tertiary/aromatic N) is 1. The van der Waals surface area contributed by atoms with Crippen molar-refractivity contribution in [2.45, 2.75) is 58.8 Å². The molecule has 1 rings (SSSR count). The minimum absolute atomic E-state index is 0.0481. The first-order valence-electron chi connectivity index (χ1n) is 7.91. The highest BCUT2D eigenvalue weighted by molar-refractivity contribution is 5.82. The molecule has 8 heteroatoms. The fourth-order valence-electron chi connectivity index (χ4n) is 1.99. The molecule has 0 aromatic heterocycles. The summed E-state index contributed by atoms with van der Waals surface area (Å²) in [6.07, 6.45) is -1.07. The largest absolute Gasteiger partial charge is 0.461 e. The van der Waals surface area contributed by atoms with Gasteiger partial charge in [0.1, 0.15) is 11.6 Å². The van der Waals surface area contributed by atoms with Crippen LogP contribution in [0.15, 0.2) is 24.3 Å². The lowest BCUT2D eigenvalue weighted by Crippen LogP contribution is -2.46. The van der Waals surface area contributed by atoms with Gasteiger partial charge in [0, 0.05) is 18.6 Å². The van der Waals surface area contributed by atoms with E-state index < -0.39 is 28.6 Å². The first kappa shape index (κ1) is 20.4. The van der Waals surface area contributed by atoms with E-state index in [1.807, 2.05) is 0 Å². The van der Waals surface area contributed by atoms with Crippen molar-refractivity contribution in [1.82, 2.24) is 5.32 Å². The lowest BCUT2D eigenvalue weighted by atomic mass is 10.1. The summed E-state index contributed by atoms with van der Waals surface area (Å²) in [7, 11) is 0. The van der Waals surface area contributed by atoms with Crippen LogP contribution in [0.1, 0.15) is 40.2 Å². The number of non-ortho nitro benzene ring substituents is 1. The average Bonchev–Trinajstić information content (AvgIpc) is 2.44. The summed E-state index contributed by atoms with van der Waals surface area (Å²) in [5.41, 5.74) is -0.288. The van der Waals surface area contributed by atoms with Gasteiger partial charge in [0.15, 0.2) is 0 Å². The molecular formula is C17H24N2O6. The third-order valence-corrected chi connectivity index (χ3v) is 2.89. The van der Waals surface area contributed by atoms with Crippen LogP contribution in [0.25, 0.3) is 0 Å². The normalized spacial score (nSPS) is 12.4. The molecule has 1 aromatic rings. The number of amides is 1. The van der Waals surface area contributed by atoms with Gasteiger partial charge in [-0.1, -0.05) is 12.1 Å². The third-order valence-electron chi connectivity index (χ3n) is 2.89. The zero-order valence-corrected chi connectivity index (χ0v) is 15.1. The van der Waals surface area contributed by atoms with Crippen molar-refractivity contribution in [3.8, 4) is 0 Å². The summed E-state index contributed by atoms with van der Waals surface area (Å²) in [6.45, 7) is 8.49. The summed E-state index contributed by atoms with van der Waals surface area (Å²) in [4.78, 5) is 34.6. The molecule has 138 valence electrons. The molecular weight excluding hydrogens is 328 g/mol. The van der Waals surface area contributed by atoms with Gasteiger partial charge >= 0.3 is 12.1 Å². The van der Waals surface area contributed by atoms with E-state index in [2.05, 4.69) is 5.32 Å². The van der Waals surface area contributed by atoms with Crippen LogP contribution in [-0.4, -0.2) is 34.7 Å². The molecule has 0 spiro atoms. The minimum Gasteiger partial charge on any atom is -0.461 e. The molecule has 8 nitrogen and oxygen atoms in total. The molecule has 0 bridgehead atoms. The Kier molecular flexibility index (Phi) is 6.90. The van der Waals surface area contributed by atoms with E-state index >= 15 is 0 Å². The molecule has 25 heavy (non-hydrogen) atoms. The molecule has 0 saturated heterocycles. The number of alkyl carbamates (subject to hydrolysis) is 1. The van der Waals surface area contributed by atoms with E-state index in [0.29, 0.717) is 5.56 Å². The van der Waals surface area contributed by atoms with Crippen molar-refractivity contribution in [2.75, 3.05) is 0 Å². The van der Waals surface area contributed by atoms with Crippen molar-refractivity contribution in [3.05, 3.63) is 39.9 Å². The Morgan fingerprint density at radius 2 is 1.92 bits per heavy atom. The predicted molar refractivity (Wildman–Crippen MR) is 91.2 cm³/mol. The number of rotatable bonds is 6. The smallest absolute Gasteiger partial charge is 0.408 e. The molecule has 0 aliphatic heterocycles. The van der Waals surface area contributed by atoms with E-state index in [-0.39, 0.29) is 18.2 Å². The van der Waals surface area contributed by atoms with Gasteiger partial charge in [-0.05, 0) is 40.2 Å². The Bertz CT molecular complexity index is 636. The lowest BCUT2D eigenvalue weighted by molar-refractivity contribution is -0.384. The topological polar surface area (TPSA) is 108 Å². The molecule has 0 saturated carbocycles. The Morgan fingerprint density at radius 1 is 1.28 bits per heavy atom. The van der Waals surface area contributed by atoms with Gasteiger partial charge in [0.25, 0.3) is 5.69 Å². The standard InChI is InChI=1S/C17H24N2O6/c1-11(2)24-15(20)14(18-16(21)25-17(3,4)5)10-12-7-6-8-13(9-12)19(22)23/h6-9,11,14H,10H2,1-5H3,(H,18,21)/t14-/m1/s1. The maximum Gasteiger partial charge on any atom is 0.408 e. The zero-order chi connectivity index (χ0) is 19.2. The number of nitrogens with one attached hydrogen (secondary N) is 1. The number of hydrogen-bond acceptors (Lipinski definition) is 6. The van der Waals surface area contributed by atoms with E-state index in [1.165, 1.54) is 18.2 Å². The minimum atomic E-state index is -1.01. The number of nitro benzene ring substituents is 1. The molecule has 0 fully saturated rings. The lowest BCUT2D eigenvalue weighted by Gasteiger charge is -2.23. The van der Waals surface area contributed by atoms with E-state index in [4.69, 9.17) is 9.47 Å². The van der Waals surface area contributed by atoms with E-state index in [0.717, 1.165) is 0 Å². The summed E-state index contributed by atoms with van der Waals surface area (Å²) in [5.74, 6) is -0.632. The summed E-state index contributed by atoms with van der Waals surface area (Å²) in [6, 6.07) is 4.85. The molecule has 0 radical (unpaired) electrons. The average molecular weight is 352 g/mol. The molecule has 0 aliphatic carbocycles. The Morgan fingerprint density at radius 3 is 2.44 bits per heavy atom. The van der Waals surface area contributed by atoms with Gasteiger partial charge in [-0.2, -0.15) is 0 Å². The number of carbonyl (C=O) groups excluding carboxylic acids is 2. The number of carbonyl (C=O) groups is 2. The predicted octanol–water partition coefficient (Wildman–Crippen LogP) is 2.98. The number of hydrogen-bond donors (Lipinski definition) is 1. The fraction of sp³-hybridized carbons (Fsp3) is 0.529. The summed E-state index contributed by atoms with van der Waals surface area (Å²) >= 11 is 0. The molecule has 1 aromatic carbocycles. The monoisotopic (exact) mass is 352 g/mol. The number of nitro groups is 1. The second-order valence-electron chi connectivity index (χ2n) is 6.82. The highest BCUT2D eigenvalue weighted by Gasteiger charge is 2.27. The number of benzene rings is 1. The maximum atomic E-state index is 12.3. The second kappa shape index (κ2) is 8.46.